The van der Waals surface area contributed by atoms with E-state index in [0.29, 0.717) is 52.9 Å². The largest absolute Gasteiger partial charge is 0.493 e. The number of allylic oxidation sites excluding steroid dienone is 2. The van der Waals surface area contributed by atoms with Gasteiger partial charge in [-0.3, -0.25) is 10.1 Å². The van der Waals surface area contributed by atoms with Gasteiger partial charge >= 0.3 is 11.9 Å². The van der Waals surface area contributed by atoms with Crippen molar-refractivity contribution in [2.24, 2.45) is 0 Å². The van der Waals surface area contributed by atoms with E-state index < -0.39 is 35.7 Å². The molecule has 2 unspecified atom stereocenters. The maximum Gasteiger partial charge on any atom is 0.344 e. The molecule has 0 spiro atoms. The average Bonchev–Trinajstić information content (AvgIpc) is 3.27. The minimum absolute atomic E-state index is 0.170. The molecule has 0 aromatic heterocycles. The van der Waals surface area contributed by atoms with Gasteiger partial charge in [-0.25, -0.2) is 9.59 Å². The van der Waals surface area contributed by atoms with Gasteiger partial charge in [-0.1, -0.05) is 66.8 Å². The monoisotopic (exact) mass is 831 g/mol. The highest BCUT2D eigenvalue weighted by atomic mass is 16.6. The third-order valence-electron chi connectivity index (χ3n) is 9.43. The Balaban J connectivity index is 1.09. The standard InChI is InChI=1S/C48H49NO12/c1-32(60-47(50)30-58-39-17-9-15-34(25-39)11-7-13-36-19-23-43(54-3)45(27-36)56-5)38-21-22-41(42(29-38)49(52)53)33(2)61-48(51)31-59-40-18-10-16-35(26-40)12-8-14-37-20-24-44(55-4)46(28-37)57-6/h7-12,15-29,32-33H,13-14,30-31H2,1-6H3/b11-7-,12-8-. The number of esters is 2. The number of nitro benzene ring substituents is 1. The Morgan fingerprint density at radius 2 is 1.07 bits per heavy atom. The predicted molar refractivity (Wildman–Crippen MR) is 231 cm³/mol. The van der Waals surface area contributed by atoms with E-state index in [0.717, 1.165) is 22.3 Å². The zero-order chi connectivity index (χ0) is 43.7. The Labute approximate surface area is 355 Å². The van der Waals surface area contributed by atoms with Crippen molar-refractivity contribution in [1.82, 2.24) is 0 Å². The highest BCUT2D eigenvalue weighted by Gasteiger charge is 2.25. The van der Waals surface area contributed by atoms with Crippen LogP contribution in [-0.2, 0) is 31.9 Å². The van der Waals surface area contributed by atoms with Gasteiger partial charge in [0.1, 0.15) is 23.7 Å². The fourth-order valence-electron chi connectivity index (χ4n) is 6.29. The zero-order valence-corrected chi connectivity index (χ0v) is 35.0. The number of ether oxygens (including phenoxy) is 8. The number of hydrogen-bond acceptors (Lipinski definition) is 12. The van der Waals surface area contributed by atoms with Crippen molar-refractivity contribution < 1.29 is 52.4 Å². The molecule has 0 radical (unpaired) electrons. The lowest BCUT2D eigenvalue weighted by atomic mass is 10.0. The highest BCUT2D eigenvalue weighted by Crippen LogP contribution is 2.32. The van der Waals surface area contributed by atoms with Crippen molar-refractivity contribution in [1.29, 1.82) is 0 Å². The van der Waals surface area contributed by atoms with Crippen LogP contribution in [0.25, 0.3) is 12.2 Å². The lowest BCUT2D eigenvalue weighted by molar-refractivity contribution is -0.386. The van der Waals surface area contributed by atoms with E-state index in [1.807, 2.05) is 78.9 Å². The first-order chi connectivity index (χ1) is 29.5. The average molecular weight is 832 g/mol. The number of nitro groups is 1. The quantitative estimate of drug-likeness (QED) is 0.0394. The van der Waals surface area contributed by atoms with Crippen LogP contribution in [0.4, 0.5) is 5.69 Å². The predicted octanol–water partition coefficient (Wildman–Crippen LogP) is 9.51. The van der Waals surface area contributed by atoms with Crippen molar-refractivity contribution in [3.8, 4) is 34.5 Å². The van der Waals surface area contributed by atoms with Crippen molar-refractivity contribution in [3.63, 3.8) is 0 Å². The molecule has 5 aromatic rings. The minimum atomic E-state index is -0.973. The Hall–Kier alpha value is -7.28. The fraction of sp³-hybridized carbons (Fsp3) is 0.250. The third-order valence-corrected chi connectivity index (χ3v) is 9.43. The number of rotatable bonds is 21. The van der Waals surface area contributed by atoms with Gasteiger partial charge in [0.2, 0.25) is 0 Å². The number of benzene rings is 5. The first kappa shape index (κ1) is 44.8. The summed E-state index contributed by atoms with van der Waals surface area (Å²) in [6, 6.07) is 30.3. The first-order valence-electron chi connectivity index (χ1n) is 19.4. The summed E-state index contributed by atoms with van der Waals surface area (Å²) in [5.74, 6) is 2.18. The van der Waals surface area contributed by atoms with Crippen molar-refractivity contribution >= 4 is 29.8 Å². The number of nitrogens with zero attached hydrogens (tertiary/aromatic N) is 1. The van der Waals surface area contributed by atoms with E-state index in [1.165, 1.54) is 19.1 Å². The van der Waals surface area contributed by atoms with E-state index in [9.17, 15) is 19.7 Å². The van der Waals surface area contributed by atoms with Gasteiger partial charge in [0.25, 0.3) is 5.69 Å². The van der Waals surface area contributed by atoms with Crippen LogP contribution in [0.1, 0.15) is 59.4 Å². The van der Waals surface area contributed by atoms with Crippen LogP contribution >= 0.6 is 0 Å². The summed E-state index contributed by atoms with van der Waals surface area (Å²) < 4.78 is 43.8. The SMILES string of the molecule is COc1ccc(C/C=C\c2cccc(OCC(=O)OC(C)c3ccc(C(C)OC(=O)COc4cccc(/C=C\Cc5ccc(OC)c(OC)c5)c4)c([N+](=O)[O-])c3)c2)cc1OC. The number of hydrogen-bond donors (Lipinski definition) is 0. The third kappa shape index (κ3) is 13.1. The van der Waals surface area contributed by atoms with Crippen LogP contribution in [0.2, 0.25) is 0 Å². The van der Waals surface area contributed by atoms with Crippen molar-refractivity contribution in [3.05, 3.63) is 159 Å². The fourth-order valence-corrected chi connectivity index (χ4v) is 6.29. The van der Waals surface area contributed by atoms with Crippen LogP contribution in [0.3, 0.4) is 0 Å². The molecule has 0 aliphatic carbocycles. The molecule has 13 heteroatoms. The van der Waals surface area contributed by atoms with Crippen LogP contribution in [0.5, 0.6) is 34.5 Å². The summed E-state index contributed by atoms with van der Waals surface area (Å²) in [7, 11) is 6.37. The molecule has 13 nitrogen and oxygen atoms in total. The molecule has 0 N–H and O–H groups in total. The van der Waals surface area contributed by atoms with Gasteiger partial charge in [0.15, 0.2) is 36.2 Å². The Morgan fingerprint density at radius 3 is 1.52 bits per heavy atom. The maximum atomic E-state index is 12.8. The second-order valence-corrected chi connectivity index (χ2v) is 13.7. The van der Waals surface area contributed by atoms with Gasteiger partial charge < -0.3 is 37.9 Å². The van der Waals surface area contributed by atoms with Gasteiger partial charge in [0, 0.05) is 6.07 Å². The molecule has 5 aromatic carbocycles. The molecule has 0 aliphatic rings. The molecule has 5 rings (SSSR count). The van der Waals surface area contributed by atoms with Gasteiger partial charge in [-0.05, 0) is 109 Å². The van der Waals surface area contributed by atoms with Crippen LogP contribution < -0.4 is 28.4 Å². The zero-order valence-electron chi connectivity index (χ0n) is 35.0. The number of carbonyl (C=O) groups excluding carboxylic acids is 2. The molecule has 0 aliphatic heterocycles. The molecule has 61 heavy (non-hydrogen) atoms. The second-order valence-electron chi connectivity index (χ2n) is 13.7. The summed E-state index contributed by atoms with van der Waals surface area (Å²) in [4.78, 5) is 37.1. The summed E-state index contributed by atoms with van der Waals surface area (Å²) >= 11 is 0. The van der Waals surface area contributed by atoms with Crippen molar-refractivity contribution in [2.45, 2.75) is 38.9 Å². The Bertz CT molecular complexity index is 2350. The summed E-state index contributed by atoms with van der Waals surface area (Å²) in [5, 5.41) is 12.1. The van der Waals surface area contributed by atoms with E-state index >= 15 is 0 Å². The van der Waals surface area contributed by atoms with E-state index in [4.69, 9.17) is 37.9 Å². The maximum absolute atomic E-state index is 12.8. The number of methoxy groups -OCH3 is 4. The highest BCUT2D eigenvalue weighted by molar-refractivity contribution is 5.72. The van der Waals surface area contributed by atoms with Crippen LogP contribution in [-0.4, -0.2) is 58.5 Å². The molecule has 0 saturated carbocycles. The number of carbonyl (C=O) groups is 2. The molecular weight excluding hydrogens is 783 g/mol. The topological polar surface area (TPSA) is 151 Å². The molecule has 0 heterocycles. The lowest BCUT2D eigenvalue weighted by Gasteiger charge is -2.17. The van der Waals surface area contributed by atoms with Gasteiger partial charge in [-0.15, -0.1) is 0 Å². The van der Waals surface area contributed by atoms with E-state index in [1.54, 1.807) is 71.8 Å². The molecule has 0 fully saturated rings. The Morgan fingerprint density at radius 1 is 0.590 bits per heavy atom. The van der Waals surface area contributed by atoms with E-state index in [2.05, 4.69) is 0 Å². The molecule has 2 atom stereocenters. The lowest BCUT2D eigenvalue weighted by Crippen LogP contribution is -2.18. The minimum Gasteiger partial charge on any atom is -0.493 e. The molecule has 0 bridgehead atoms. The van der Waals surface area contributed by atoms with E-state index in [-0.39, 0.29) is 17.9 Å². The summed E-state index contributed by atoms with van der Waals surface area (Å²) in [5.41, 5.74) is 4.08. The van der Waals surface area contributed by atoms with Gasteiger partial charge in [-0.2, -0.15) is 0 Å². The summed E-state index contributed by atoms with van der Waals surface area (Å²) in [6.45, 7) is 2.35. The van der Waals surface area contributed by atoms with Crippen LogP contribution in [0, 0.1) is 10.1 Å². The van der Waals surface area contributed by atoms with Crippen LogP contribution in [0.15, 0.2) is 115 Å². The first-order valence-corrected chi connectivity index (χ1v) is 19.4. The normalized spacial score (nSPS) is 12.0. The Kier molecular flexibility index (Phi) is 16.3. The molecule has 318 valence electrons. The molecule has 0 amide bonds. The van der Waals surface area contributed by atoms with Crippen molar-refractivity contribution in [2.75, 3.05) is 41.7 Å². The smallest absolute Gasteiger partial charge is 0.344 e. The molecule has 0 saturated heterocycles. The van der Waals surface area contributed by atoms with Gasteiger partial charge in [0.05, 0.1) is 38.9 Å². The molecular formula is C48H49NO12. The second kappa shape index (κ2) is 22.2. The summed E-state index contributed by atoms with van der Waals surface area (Å²) in [6.07, 6.45) is 7.39.